The van der Waals surface area contributed by atoms with Crippen LogP contribution >= 0.6 is 34.8 Å². The molecule has 1 saturated heterocycles. The molecule has 8 aromatic heterocycles. The number of aromatic nitrogens is 12. The van der Waals surface area contributed by atoms with Crippen molar-refractivity contribution >= 4 is 140 Å². The number of likely N-dealkylation sites (N-methyl/N-ethyl adjacent to an activating group) is 1. The first-order valence-corrected chi connectivity index (χ1v) is 42.4. The van der Waals surface area contributed by atoms with Crippen molar-refractivity contribution in [3.63, 3.8) is 0 Å². The van der Waals surface area contributed by atoms with Crippen molar-refractivity contribution in [2.24, 2.45) is 5.92 Å². The van der Waals surface area contributed by atoms with Gasteiger partial charge in [0.2, 0.25) is 59.3 Å². The number of nitrogens with zero attached hydrogens (tertiary/aromatic N) is 22. The van der Waals surface area contributed by atoms with Gasteiger partial charge in [0, 0.05) is 114 Å². The highest BCUT2D eigenvalue weighted by atomic mass is 35.5. The van der Waals surface area contributed by atoms with Gasteiger partial charge in [0.1, 0.15) is 51.8 Å². The molecule has 13 heterocycles. The van der Waals surface area contributed by atoms with Gasteiger partial charge in [-0.1, -0.05) is 61.5 Å². The molecule has 2 fully saturated rings. The maximum atomic E-state index is 14.7. The SMILES string of the molecule is COc1c(C)cnc(CN2CC(=O)N(C(=O)CCCN3CCOCC3)c3c(Cl)nc(N)nc32)c1C.COc1c(C)cnc(CN2CC(=O)N(C(C)C(=O)NCCN(C)C)c3c(Cl)nc(N)nc32)c1C.COc1c(C)cnc(CN2CC(=O)N(C3CCCC3)c3c(Cl)nc(N)nc32)c1C.COc1c(C)cnc(CN2CC(=O)N(CC(C)C)c3c(F)nc(N)nc32)c1C. The average molecular weight is 1800 g/mol. The van der Waals surface area contributed by atoms with Crippen LogP contribution in [0.4, 0.5) is 74.2 Å². The predicted octanol–water partition coefficient (Wildman–Crippen LogP) is 8.13. The minimum absolute atomic E-state index is 0.000315. The summed E-state index contributed by atoms with van der Waals surface area (Å²) in [5.41, 5.74) is 34.6. The molecular weight excluding hydrogens is 1690 g/mol. The van der Waals surface area contributed by atoms with Crippen LogP contribution in [0, 0.1) is 67.3 Å². The molecule has 8 aromatic rings. The highest BCUT2D eigenvalue weighted by Crippen LogP contribution is 2.46. The topological polar surface area (TPSA) is 452 Å². The fourth-order valence-electron chi connectivity index (χ4n) is 16.2. The Kier molecular flexibility index (Phi) is 31.3. The van der Waals surface area contributed by atoms with Crippen molar-refractivity contribution < 1.29 is 56.8 Å². The van der Waals surface area contributed by atoms with Gasteiger partial charge >= 0.3 is 0 Å². The average Bonchev–Trinajstić information content (AvgIpc) is 0.947. The lowest BCUT2D eigenvalue weighted by molar-refractivity contribution is -0.126. The van der Waals surface area contributed by atoms with E-state index in [-0.39, 0.29) is 150 Å². The Morgan fingerprint density at radius 3 is 1.34 bits per heavy atom. The molecule has 1 unspecified atom stereocenters. The third kappa shape index (κ3) is 21.3. The molecule has 0 aromatic carbocycles. The normalized spacial score (nSPS) is 15.4. The lowest BCUT2D eigenvalue weighted by Gasteiger charge is -2.39. The Hall–Kier alpha value is -11.8. The van der Waals surface area contributed by atoms with E-state index in [2.05, 4.69) is 70.0 Å². The van der Waals surface area contributed by atoms with E-state index in [9.17, 15) is 33.2 Å². The van der Waals surface area contributed by atoms with Gasteiger partial charge in [-0.15, -0.1) is 0 Å². The van der Waals surface area contributed by atoms with Crippen LogP contribution in [0.15, 0.2) is 24.8 Å². The van der Waals surface area contributed by atoms with Crippen LogP contribution in [-0.4, -0.2) is 238 Å². The number of anilines is 12. The minimum atomic E-state index is -0.820. The van der Waals surface area contributed by atoms with Gasteiger partial charge in [-0.25, -0.2) is 4.90 Å². The van der Waals surface area contributed by atoms with E-state index in [0.717, 1.165) is 135 Å². The molecule has 0 radical (unpaired) electrons. The summed E-state index contributed by atoms with van der Waals surface area (Å²) in [5, 5.41) is 3.02. The van der Waals surface area contributed by atoms with E-state index in [1.165, 1.54) is 9.80 Å². The van der Waals surface area contributed by atoms with Gasteiger partial charge in [0.15, 0.2) is 38.7 Å². The molecule has 6 amide bonds. The smallest absolute Gasteiger partial charge is 0.253 e. The van der Waals surface area contributed by atoms with Crippen LogP contribution in [-0.2, 0) is 59.7 Å². The highest BCUT2D eigenvalue weighted by molar-refractivity contribution is 6.36. The quantitative estimate of drug-likeness (QED) is 0.0356. The molecule has 42 heteroatoms. The molecule has 14 rings (SSSR count). The molecular formula is C84H111Cl3FN27O11. The molecule has 5 aliphatic heterocycles. The summed E-state index contributed by atoms with van der Waals surface area (Å²) >= 11 is 19.3. The molecule has 676 valence electrons. The third-order valence-corrected chi connectivity index (χ3v) is 23.2. The van der Waals surface area contributed by atoms with Crippen LogP contribution in [0.25, 0.3) is 0 Å². The second-order valence-corrected chi connectivity index (χ2v) is 33.2. The van der Waals surface area contributed by atoms with Crippen LogP contribution in [0.5, 0.6) is 23.0 Å². The molecule has 38 nitrogen and oxygen atoms in total. The molecule has 1 saturated carbocycles. The monoisotopic (exact) mass is 1800 g/mol. The number of nitrogens with one attached hydrogen (secondary N) is 1. The highest BCUT2D eigenvalue weighted by Gasteiger charge is 2.43. The third-order valence-electron chi connectivity index (χ3n) is 22.4. The number of carbonyl (C=O) groups is 6. The number of halogens is 4. The zero-order valence-electron chi connectivity index (χ0n) is 74.2. The summed E-state index contributed by atoms with van der Waals surface area (Å²) in [6.45, 7) is 27.6. The number of hydrogen-bond acceptors (Lipinski definition) is 33. The Balaban J connectivity index is 0.000000164. The molecule has 126 heavy (non-hydrogen) atoms. The Bertz CT molecular complexity index is 5400. The van der Waals surface area contributed by atoms with Crippen LogP contribution in [0.1, 0.15) is 127 Å². The Morgan fingerprint density at radius 2 is 0.913 bits per heavy atom. The van der Waals surface area contributed by atoms with Gasteiger partial charge in [-0.05, 0) is 108 Å². The fourth-order valence-corrected chi connectivity index (χ4v) is 17.0. The molecule has 0 spiro atoms. The van der Waals surface area contributed by atoms with E-state index in [1.54, 1.807) is 79.7 Å². The van der Waals surface area contributed by atoms with Crippen LogP contribution in [0.2, 0.25) is 15.5 Å². The van der Waals surface area contributed by atoms with Crippen molar-refractivity contribution in [2.45, 2.75) is 153 Å². The second-order valence-electron chi connectivity index (χ2n) is 32.1. The predicted molar refractivity (Wildman–Crippen MR) is 480 cm³/mol. The Morgan fingerprint density at radius 1 is 0.532 bits per heavy atom. The zero-order valence-corrected chi connectivity index (χ0v) is 76.5. The van der Waals surface area contributed by atoms with Gasteiger partial charge < -0.3 is 86.2 Å². The van der Waals surface area contributed by atoms with Crippen molar-refractivity contribution in [3.05, 3.63) is 113 Å². The van der Waals surface area contributed by atoms with Crippen molar-refractivity contribution in [1.82, 2.24) is 74.9 Å². The summed E-state index contributed by atoms with van der Waals surface area (Å²) in [4.78, 5) is 146. The number of imide groups is 1. The number of nitrogens with two attached hydrogens (primary N) is 4. The van der Waals surface area contributed by atoms with Crippen LogP contribution < -0.4 is 86.4 Å². The number of hydrogen-bond donors (Lipinski definition) is 5. The number of morpholine rings is 1. The standard InChI is InChI=1S/C23H30ClN7O4.C22H31ClN8O3.C20H25ClN6O2.C19H25FN6O2/c1-14-11-26-16(15(2)20(14)34-3)12-30-13-18(33)31(19-21(24)27-23(25)28-22(19)30)17(32)5-4-6-29-7-9-35-10-8-29;1-12-9-26-15(13(2)18(12)34-6)10-30-11-16(32)31(14(3)21(33)25-7-8-29(4)5)17-19(23)27-22(24)28-20(17)30;1-11-8-23-14(12(2)17(11)29-3)9-26-10-15(28)27(13-6-4-5-7-13)16-18(21)24-20(22)25-19(16)26;1-10(2)7-26-14(27)9-25(18-15(26)17(20)23-19(21)24-18)8-13-12(4)16(28-5)11(3)6-22-13/h11H,4-10,12-13H2,1-3H3,(H2,25,27,28);9,14H,7-8,10-11H2,1-6H3,(H,25,33)(H2,24,27,28);8,13H,4-7,9-10H2,1-3H3,(H2,22,24,25);6,10H,7-9H2,1-5H3,(H2,21,23,24). The van der Waals surface area contributed by atoms with Gasteiger partial charge in [-0.2, -0.15) is 44.3 Å². The lowest BCUT2D eigenvalue weighted by atomic mass is 10.1. The maximum Gasteiger partial charge on any atom is 0.253 e. The summed E-state index contributed by atoms with van der Waals surface area (Å²) in [7, 11) is 10.3. The number of methoxy groups -OCH3 is 4. The molecule has 1 atom stereocenters. The molecule has 6 aliphatic rings. The second kappa shape index (κ2) is 41.6. The first kappa shape index (κ1) is 94.9. The maximum absolute atomic E-state index is 14.7. The molecule has 1 aliphatic carbocycles. The number of amides is 6. The van der Waals surface area contributed by atoms with E-state index in [0.29, 0.717) is 80.5 Å². The van der Waals surface area contributed by atoms with Crippen molar-refractivity contribution in [2.75, 3.05) is 183 Å². The van der Waals surface area contributed by atoms with Gasteiger partial charge in [-0.3, -0.25) is 58.5 Å². The first-order valence-electron chi connectivity index (χ1n) is 41.3. The minimum Gasteiger partial charge on any atom is -0.496 e. The zero-order chi connectivity index (χ0) is 91.6. The van der Waals surface area contributed by atoms with E-state index in [4.69, 9.17) is 81.4 Å². The number of ether oxygens (including phenoxy) is 5. The number of nitrogen functional groups attached to an aromatic ring is 4. The van der Waals surface area contributed by atoms with Crippen molar-refractivity contribution in [3.8, 4) is 23.0 Å². The molecule has 9 N–H and O–H groups in total. The number of rotatable bonds is 24. The largest absolute Gasteiger partial charge is 0.496 e. The van der Waals surface area contributed by atoms with E-state index in [1.807, 2.05) is 93.1 Å². The Labute approximate surface area is 746 Å². The summed E-state index contributed by atoms with van der Waals surface area (Å²) in [6, 6.07) is -0.688. The van der Waals surface area contributed by atoms with Crippen LogP contribution in [0.3, 0.4) is 0 Å². The number of pyridine rings is 4. The first-order chi connectivity index (χ1) is 60.0. The van der Waals surface area contributed by atoms with Gasteiger partial charge in [0.25, 0.3) is 5.91 Å². The number of fused-ring (bicyclic) bond motifs is 4. The molecule has 0 bridgehead atoms. The lowest BCUT2D eigenvalue weighted by Crippen LogP contribution is -2.55. The summed E-state index contributed by atoms with van der Waals surface area (Å²) in [6.07, 6.45) is 11.9. The van der Waals surface area contributed by atoms with E-state index < -0.39 is 17.9 Å². The fraction of sp³-hybridized carbons (Fsp3) is 0.500. The van der Waals surface area contributed by atoms with Crippen molar-refractivity contribution in [1.29, 1.82) is 0 Å². The summed E-state index contributed by atoms with van der Waals surface area (Å²) < 4.78 is 42.0. The summed E-state index contributed by atoms with van der Waals surface area (Å²) in [5.74, 6) is 2.19. The van der Waals surface area contributed by atoms with E-state index >= 15 is 0 Å². The number of carbonyl (C=O) groups excluding carboxylic acids is 6. The number of aryl methyl sites for hydroxylation is 4. The van der Waals surface area contributed by atoms with Gasteiger partial charge in [0.05, 0.1) is 117 Å².